The normalized spacial score (nSPS) is 11.6. The molecule has 0 amide bonds. The van der Waals surface area contributed by atoms with Crippen LogP contribution in [0.4, 0.5) is 0 Å². The van der Waals surface area contributed by atoms with E-state index in [1.807, 2.05) is 0 Å². The molecule has 0 unspecified atom stereocenters. The Morgan fingerprint density at radius 1 is 1.55 bits per heavy atom. The number of hydrogen-bond acceptors (Lipinski definition) is 2. The van der Waals surface area contributed by atoms with Crippen LogP contribution in [0.2, 0.25) is 0 Å². The van der Waals surface area contributed by atoms with Crippen molar-refractivity contribution in [3.63, 3.8) is 0 Å². The number of nitro groups is 1. The molecule has 0 saturated heterocycles. The molecule has 0 aliphatic rings. The van der Waals surface area contributed by atoms with E-state index in [2.05, 4.69) is 6.92 Å². The maximum Gasteiger partial charge on any atom is 0.239 e. The second-order valence-electron chi connectivity index (χ2n) is 2.60. The number of allylic oxidation sites excluding steroid dienone is 2. The first-order valence-corrected chi connectivity index (χ1v) is 3.99. The van der Waals surface area contributed by atoms with E-state index in [1.54, 1.807) is 6.08 Å². The van der Waals surface area contributed by atoms with Crippen molar-refractivity contribution >= 4 is 0 Å². The molecule has 0 spiro atoms. The van der Waals surface area contributed by atoms with Crippen molar-refractivity contribution in [1.82, 2.24) is 0 Å². The molecule has 0 rings (SSSR count). The van der Waals surface area contributed by atoms with Crippen LogP contribution in [0.3, 0.4) is 0 Å². The summed E-state index contributed by atoms with van der Waals surface area (Å²) in [5.41, 5.74) is 0.265. The Hall–Kier alpha value is -0.860. The van der Waals surface area contributed by atoms with Gasteiger partial charge in [0.2, 0.25) is 5.70 Å². The fourth-order valence-electron chi connectivity index (χ4n) is 0.780. The first-order valence-electron chi connectivity index (χ1n) is 3.99. The summed E-state index contributed by atoms with van der Waals surface area (Å²) in [4.78, 5) is 9.76. The molecule has 0 bridgehead atoms. The molecule has 3 heteroatoms. The molecule has 0 aliphatic carbocycles. The van der Waals surface area contributed by atoms with Crippen LogP contribution in [0.15, 0.2) is 11.8 Å². The van der Waals surface area contributed by atoms with Crippen molar-refractivity contribution in [1.29, 1.82) is 0 Å². The first-order chi connectivity index (χ1) is 5.18. The van der Waals surface area contributed by atoms with Crippen LogP contribution in [0.5, 0.6) is 0 Å². The molecule has 0 fully saturated rings. The summed E-state index contributed by atoms with van der Waals surface area (Å²) in [6.45, 7) is 3.65. The van der Waals surface area contributed by atoms with Crippen LogP contribution in [-0.2, 0) is 0 Å². The number of hydrogen-bond donors (Lipinski definition) is 0. The summed E-state index contributed by atoms with van der Waals surface area (Å²) in [5.74, 6) is 0. The van der Waals surface area contributed by atoms with Gasteiger partial charge in [0.15, 0.2) is 0 Å². The van der Waals surface area contributed by atoms with Crippen molar-refractivity contribution in [2.24, 2.45) is 0 Å². The molecular weight excluding hydrogens is 142 g/mol. The van der Waals surface area contributed by atoms with E-state index in [4.69, 9.17) is 0 Å². The van der Waals surface area contributed by atoms with Gasteiger partial charge in [-0.3, -0.25) is 10.1 Å². The molecule has 11 heavy (non-hydrogen) atoms. The molecule has 0 radical (unpaired) electrons. The summed E-state index contributed by atoms with van der Waals surface area (Å²) in [7, 11) is 0. The van der Waals surface area contributed by atoms with Gasteiger partial charge in [-0.05, 0) is 18.9 Å². The number of rotatable bonds is 5. The van der Waals surface area contributed by atoms with E-state index in [9.17, 15) is 10.1 Å². The smallest absolute Gasteiger partial charge is 0.239 e. The van der Waals surface area contributed by atoms with Crippen LogP contribution >= 0.6 is 0 Å². The average molecular weight is 157 g/mol. The molecule has 0 N–H and O–H groups in total. The van der Waals surface area contributed by atoms with Gasteiger partial charge in [-0.25, -0.2) is 0 Å². The van der Waals surface area contributed by atoms with Crippen LogP contribution < -0.4 is 0 Å². The molecule has 0 aromatic carbocycles. The summed E-state index contributed by atoms with van der Waals surface area (Å²) < 4.78 is 0. The Morgan fingerprint density at radius 3 is 2.64 bits per heavy atom. The van der Waals surface area contributed by atoms with Crippen molar-refractivity contribution in [3.05, 3.63) is 21.9 Å². The SMILES string of the molecule is CCCCC/C=C(\C)[N+](=O)[O-]. The molecule has 64 valence electrons. The highest BCUT2D eigenvalue weighted by atomic mass is 16.6. The Labute approximate surface area is 67.3 Å². The number of unbranched alkanes of at least 4 members (excludes halogenated alkanes) is 3. The van der Waals surface area contributed by atoms with Crippen LogP contribution in [-0.4, -0.2) is 4.92 Å². The molecule has 3 nitrogen and oxygen atoms in total. The zero-order valence-electron chi connectivity index (χ0n) is 7.17. The monoisotopic (exact) mass is 157 g/mol. The second-order valence-corrected chi connectivity index (χ2v) is 2.60. The highest BCUT2D eigenvalue weighted by molar-refractivity contribution is 4.86. The zero-order valence-corrected chi connectivity index (χ0v) is 7.17. The van der Waals surface area contributed by atoms with Gasteiger partial charge in [0.1, 0.15) is 0 Å². The molecule has 0 atom stereocenters. The summed E-state index contributed by atoms with van der Waals surface area (Å²) >= 11 is 0. The minimum absolute atomic E-state index is 0.265. The Balaban J connectivity index is 3.48. The maximum atomic E-state index is 10.1. The Kier molecular flexibility index (Phi) is 5.43. The Morgan fingerprint density at radius 2 is 2.18 bits per heavy atom. The molecule has 0 aliphatic heterocycles. The lowest BCUT2D eigenvalue weighted by Gasteiger charge is -1.91. The molecular formula is C8H15NO2. The summed E-state index contributed by atoms with van der Waals surface area (Å²) in [5, 5.41) is 10.1. The first kappa shape index (κ1) is 10.1. The van der Waals surface area contributed by atoms with Gasteiger partial charge in [0.05, 0.1) is 4.92 Å². The molecule has 0 aromatic rings. The second kappa shape index (κ2) is 5.89. The highest BCUT2D eigenvalue weighted by Crippen LogP contribution is 2.03. The van der Waals surface area contributed by atoms with Gasteiger partial charge < -0.3 is 0 Å². The molecule has 0 aromatic heterocycles. The van der Waals surface area contributed by atoms with Crippen LogP contribution in [0.1, 0.15) is 39.5 Å². The van der Waals surface area contributed by atoms with E-state index in [-0.39, 0.29) is 10.6 Å². The van der Waals surface area contributed by atoms with Crippen molar-refractivity contribution in [2.75, 3.05) is 0 Å². The minimum atomic E-state index is -0.341. The van der Waals surface area contributed by atoms with Gasteiger partial charge in [0, 0.05) is 6.92 Å². The molecule has 0 saturated carbocycles. The van der Waals surface area contributed by atoms with Crippen LogP contribution in [0.25, 0.3) is 0 Å². The third-order valence-electron chi connectivity index (χ3n) is 1.54. The fourth-order valence-corrected chi connectivity index (χ4v) is 0.780. The third kappa shape index (κ3) is 5.58. The Bertz CT molecular complexity index is 152. The van der Waals surface area contributed by atoms with Crippen molar-refractivity contribution < 1.29 is 4.92 Å². The topological polar surface area (TPSA) is 43.1 Å². The van der Waals surface area contributed by atoms with E-state index in [1.165, 1.54) is 6.92 Å². The lowest BCUT2D eigenvalue weighted by atomic mass is 10.2. The number of nitrogens with zero attached hydrogens (tertiary/aromatic N) is 1. The lowest BCUT2D eigenvalue weighted by Crippen LogP contribution is -1.92. The van der Waals surface area contributed by atoms with Gasteiger partial charge in [-0.15, -0.1) is 0 Å². The van der Waals surface area contributed by atoms with Crippen LogP contribution in [0, 0.1) is 10.1 Å². The van der Waals surface area contributed by atoms with Crippen molar-refractivity contribution in [2.45, 2.75) is 39.5 Å². The maximum absolute atomic E-state index is 10.1. The van der Waals surface area contributed by atoms with Gasteiger partial charge in [0.25, 0.3) is 0 Å². The van der Waals surface area contributed by atoms with E-state index < -0.39 is 0 Å². The van der Waals surface area contributed by atoms with Gasteiger partial charge in [-0.2, -0.15) is 0 Å². The molecule has 0 heterocycles. The lowest BCUT2D eigenvalue weighted by molar-refractivity contribution is -0.424. The zero-order chi connectivity index (χ0) is 8.69. The average Bonchev–Trinajstić information content (AvgIpc) is 1.97. The summed E-state index contributed by atoms with van der Waals surface area (Å²) in [6.07, 6.45) is 5.89. The highest BCUT2D eigenvalue weighted by Gasteiger charge is 1.98. The van der Waals surface area contributed by atoms with Gasteiger partial charge >= 0.3 is 0 Å². The quantitative estimate of drug-likeness (QED) is 0.350. The standard InChI is InChI=1S/C8H15NO2/c1-3-4-5-6-7-8(2)9(10)11/h7H,3-6H2,1-2H3/b8-7+. The predicted molar refractivity (Wildman–Crippen MR) is 44.9 cm³/mol. The summed E-state index contributed by atoms with van der Waals surface area (Å²) in [6, 6.07) is 0. The third-order valence-corrected chi connectivity index (χ3v) is 1.54. The predicted octanol–water partition coefficient (Wildman–Crippen LogP) is 2.75. The van der Waals surface area contributed by atoms with Crippen molar-refractivity contribution in [3.8, 4) is 0 Å². The van der Waals surface area contributed by atoms with Gasteiger partial charge in [-0.1, -0.05) is 19.8 Å². The van der Waals surface area contributed by atoms with E-state index >= 15 is 0 Å². The largest absolute Gasteiger partial charge is 0.259 e. The van der Waals surface area contributed by atoms with E-state index in [0.29, 0.717) is 0 Å². The minimum Gasteiger partial charge on any atom is -0.259 e. The van der Waals surface area contributed by atoms with E-state index in [0.717, 1.165) is 25.7 Å². The fraction of sp³-hybridized carbons (Fsp3) is 0.750.